The molecule has 1 fully saturated rings. The number of anilines is 1. The topological polar surface area (TPSA) is 119 Å². The van der Waals surface area contributed by atoms with Gasteiger partial charge in [-0.1, -0.05) is 30.0 Å². The number of hydrogen-bond acceptors (Lipinski definition) is 9. The van der Waals surface area contributed by atoms with Crippen LogP contribution < -0.4 is 10.6 Å². The van der Waals surface area contributed by atoms with E-state index in [-0.39, 0.29) is 29.5 Å². The summed E-state index contributed by atoms with van der Waals surface area (Å²) < 4.78 is 23.6. The number of benzene rings is 1. The lowest BCUT2D eigenvalue weighted by Gasteiger charge is -2.44. The summed E-state index contributed by atoms with van der Waals surface area (Å²) in [5, 5.41) is 8.50. The molecule has 2 aliphatic rings. The molecule has 0 unspecified atom stereocenters. The van der Waals surface area contributed by atoms with E-state index in [1.807, 2.05) is 25.1 Å². The van der Waals surface area contributed by atoms with Crippen LogP contribution in [0.15, 0.2) is 51.4 Å². The lowest BCUT2D eigenvalue weighted by molar-refractivity contribution is -0.0466. The zero-order valence-corrected chi connectivity index (χ0v) is 20.3. The molecule has 0 saturated carbocycles. The largest absolute Gasteiger partial charge is 0.445 e. The number of nitrogens with one attached hydrogen (secondary N) is 2. The van der Waals surface area contributed by atoms with Gasteiger partial charge in [-0.15, -0.1) is 11.3 Å². The highest BCUT2D eigenvalue weighted by atomic mass is 32.2. The smallest absolute Gasteiger partial charge is 0.278 e. The standard InChI is InChI=1S/C23H22FN5O4S2/c1-13-7-15-10-35-22(28-19(30)14-5-3-2-4-6-14)29-23(15,12-33-13)21-27-17(11-34-21)26-20(31)16-9-32-18(8-24)25-16/h2-6,9,11,13,15H,7-8,10,12H2,1H3,(H,26,31)(H,28,29,30)/t13-,15-,23-/m0/s1. The Labute approximate surface area is 208 Å². The van der Waals surface area contributed by atoms with Crippen LogP contribution in [0, 0.1) is 5.92 Å². The van der Waals surface area contributed by atoms with Crippen LogP contribution in [0.4, 0.5) is 10.2 Å². The molecule has 5 rings (SSSR count). The SMILES string of the molecule is C[C@H]1C[C@H]2CSC(NC(=O)c3ccccc3)=N[C@@]2(c2nc(NC(=O)c3coc(CF)n3)cs2)CO1. The summed E-state index contributed by atoms with van der Waals surface area (Å²) in [5.41, 5.74) is -0.264. The van der Waals surface area contributed by atoms with E-state index in [2.05, 4.69) is 20.6 Å². The van der Waals surface area contributed by atoms with Crippen molar-refractivity contribution >= 4 is 45.9 Å². The number of aromatic nitrogens is 2. The molecule has 0 spiro atoms. The Morgan fingerprint density at radius 3 is 2.80 bits per heavy atom. The fraction of sp³-hybridized carbons (Fsp3) is 0.348. The van der Waals surface area contributed by atoms with E-state index < -0.39 is 18.1 Å². The molecule has 4 heterocycles. The molecule has 1 saturated heterocycles. The quantitative estimate of drug-likeness (QED) is 0.527. The minimum atomic E-state index is -0.893. The van der Waals surface area contributed by atoms with Crippen molar-refractivity contribution in [2.45, 2.75) is 31.7 Å². The lowest BCUT2D eigenvalue weighted by Crippen LogP contribution is -2.50. The summed E-state index contributed by atoms with van der Waals surface area (Å²) >= 11 is 2.87. The van der Waals surface area contributed by atoms with Gasteiger partial charge in [0.05, 0.1) is 12.7 Å². The zero-order valence-electron chi connectivity index (χ0n) is 18.7. The van der Waals surface area contributed by atoms with Gasteiger partial charge in [0.1, 0.15) is 22.6 Å². The monoisotopic (exact) mass is 515 g/mol. The van der Waals surface area contributed by atoms with Crippen LogP contribution in [-0.2, 0) is 17.0 Å². The molecule has 3 atom stereocenters. The minimum absolute atomic E-state index is 0.0314. The third kappa shape index (κ3) is 4.86. The highest BCUT2D eigenvalue weighted by Crippen LogP contribution is 2.47. The number of ether oxygens (including phenoxy) is 1. The highest BCUT2D eigenvalue weighted by Gasteiger charge is 2.49. The Balaban J connectivity index is 1.40. The first-order chi connectivity index (χ1) is 17.0. The summed E-state index contributed by atoms with van der Waals surface area (Å²) in [4.78, 5) is 38.6. The maximum absolute atomic E-state index is 12.7. The molecule has 2 aliphatic heterocycles. The molecule has 9 nitrogen and oxygen atoms in total. The normalized spacial score (nSPS) is 23.8. The van der Waals surface area contributed by atoms with Crippen LogP contribution in [0.2, 0.25) is 0 Å². The molecular weight excluding hydrogens is 493 g/mol. The molecule has 35 heavy (non-hydrogen) atoms. The molecule has 0 radical (unpaired) electrons. The van der Waals surface area contributed by atoms with Gasteiger partial charge in [-0.3, -0.25) is 9.59 Å². The molecule has 1 aromatic carbocycles. The number of thioether (sulfide) groups is 1. The van der Waals surface area contributed by atoms with Crippen molar-refractivity contribution in [3.8, 4) is 0 Å². The Bertz CT molecular complexity index is 1260. The number of alkyl halides is 1. The number of amides is 2. The maximum atomic E-state index is 12.7. The van der Waals surface area contributed by atoms with Crippen molar-refractivity contribution < 1.29 is 23.1 Å². The fourth-order valence-electron chi connectivity index (χ4n) is 4.07. The lowest BCUT2D eigenvalue weighted by atomic mass is 9.80. The van der Waals surface area contributed by atoms with Gasteiger partial charge >= 0.3 is 0 Å². The van der Waals surface area contributed by atoms with E-state index in [1.54, 1.807) is 17.5 Å². The third-order valence-electron chi connectivity index (χ3n) is 5.87. The average Bonchev–Trinajstić information content (AvgIpc) is 3.55. The number of nitrogens with zero attached hydrogens (tertiary/aromatic N) is 3. The fourth-order valence-corrected chi connectivity index (χ4v) is 6.19. The number of thiazole rings is 1. The Morgan fingerprint density at radius 2 is 2.03 bits per heavy atom. The van der Waals surface area contributed by atoms with E-state index in [9.17, 15) is 14.0 Å². The van der Waals surface area contributed by atoms with E-state index >= 15 is 0 Å². The van der Waals surface area contributed by atoms with Crippen LogP contribution in [0.25, 0.3) is 0 Å². The Morgan fingerprint density at radius 1 is 1.20 bits per heavy atom. The van der Waals surface area contributed by atoms with Crippen LogP contribution in [0.1, 0.15) is 45.1 Å². The number of carbonyl (C=O) groups is 2. The van der Waals surface area contributed by atoms with Gasteiger partial charge < -0.3 is 19.8 Å². The second-order valence-electron chi connectivity index (χ2n) is 8.28. The summed E-state index contributed by atoms with van der Waals surface area (Å²) in [5.74, 6) is 0.270. The molecule has 0 bridgehead atoms. The van der Waals surface area contributed by atoms with E-state index in [4.69, 9.17) is 14.1 Å². The first-order valence-electron chi connectivity index (χ1n) is 10.9. The summed E-state index contributed by atoms with van der Waals surface area (Å²) in [6.07, 6.45) is 1.98. The minimum Gasteiger partial charge on any atom is -0.445 e. The maximum Gasteiger partial charge on any atom is 0.278 e. The van der Waals surface area contributed by atoms with Gasteiger partial charge in [-0.25, -0.2) is 19.4 Å². The zero-order chi connectivity index (χ0) is 24.4. The summed E-state index contributed by atoms with van der Waals surface area (Å²) in [6, 6.07) is 8.96. The van der Waals surface area contributed by atoms with Crippen molar-refractivity contribution in [3.05, 3.63) is 64.1 Å². The van der Waals surface area contributed by atoms with E-state index in [0.29, 0.717) is 28.2 Å². The number of amidine groups is 1. The van der Waals surface area contributed by atoms with E-state index in [0.717, 1.165) is 18.4 Å². The van der Waals surface area contributed by atoms with Gasteiger partial charge in [0.25, 0.3) is 11.8 Å². The number of hydrogen-bond donors (Lipinski definition) is 2. The highest BCUT2D eigenvalue weighted by molar-refractivity contribution is 8.13. The number of halogens is 1. The van der Waals surface area contributed by atoms with Crippen molar-refractivity contribution in [3.63, 3.8) is 0 Å². The van der Waals surface area contributed by atoms with Crippen molar-refractivity contribution in [2.24, 2.45) is 10.9 Å². The molecule has 2 amide bonds. The molecule has 12 heteroatoms. The van der Waals surface area contributed by atoms with Gasteiger partial charge in [0.15, 0.2) is 17.5 Å². The van der Waals surface area contributed by atoms with Crippen molar-refractivity contribution in [2.75, 3.05) is 17.7 Å². The number of oxazole rings is 1. The predicted molar refractivity (Wildman–Crippen MR) is 130 cm³/mol. The van der Waals surface area contributed by atoms with Gasteiger partial charge in [-0.2, -0.15) is 0 Å². The summed E-state index contributed by atoms with van der Waals surface area (Å²) in [6.45, 7) is 1.45. The second-order valence-corrected chi connectivity index (χ2v) is 10.1. The first-order valence-corrected chi connectivity index (χ1v) is 12.8. The number of fused-ring (bicyclic) bond motifs is 1. The number of rotatable bonds is 5. The average molecular weight is 516 g/mol. The van der Waals surface area contributed by atoms with Gasteiger partial charge in [0.2, 0.25) is 5.89 Å². The molecule has 2 N–H and O–H groups in total. The Hall–Kier alpha value is -3.09. The van der Waals surface area contributed by atoms with Crippen LogP contribution in [0.3, 0.4) is 0 Å². The number of aliphatic imine (C=N–C) groups is 1. The molecule has 0 aliphatic carbocycles. The van der Waals surface area contributed by atoms with Gasteiger partial charge in [-0.05, 0) is 25.5 Å². The molecule has 3 aromatic rings. The summed E-state index contributed by atoms with van der Waals surface area (Å²) in [7, 11) is 0. The van der Waals surface area contributed by atoms with Crippen LogP contribution in [-0.4, -0.2) is 45.4 Å². The van der Waals surface area contributed by atoms with Crippen LogP contribution in [0.5, 0.6) is 0 Å². The number of carbonyl (C=O) groups excluding carboxylic acids is 2. The van der Waals surface area contributed by atoms with Crippen LogP contribution >= 0.6 is 23.1 Å². The second kappa shape index (κ2) is 9.88. The predicted octanol–water partition coefficient (Wildman–Crippen LogP) is 4.01. The van der Waals surface area contributed by atoms with Crippen molar-refractivity contribution in [1.82, 2.24) is 15.3 Å². The molecule has 2 aromatic heterocycles. The molecule has 182 valence electrons. The van der Waals surface area contributed by atoms with Gasteiger partial charge in [0, 0.05) is 22.6 Å². The Kier molecular flexibility index (Phi) is 6.67. The molecular formula is C23H22FN5O4S2. The van der Waals surface area contributed by atoms with E-state index in [1.165, 1.54) is 23.1 Å². The van der Waals surface area contributed by atoms with Crippen molar-refractivity contribution in [1.29, 1.82) is 0 Å². The first kappa shape index (κ1) is 23.6. The third-order valence-corrected chi connectivity index (χ3v) is 7.92.